The molecule has 23 heavy (non-hydrogen) atoms. The molecule has 1 heterocycles. The normalized spacial score (nSPS) is 12.6. The Morgan fingerprint density at radius 3 is 2.26 bits per heavy atom. The monoisotopic (exact) mass is 375 g/mol. The molecule has 2 aromatic carbocycles. The number of hydrogen-bond donors (Lipinski definition) is 1. The molecule has 1 N–H and O–H groups in total. The highest BCUT2D eigenvalue weighted by molar-refractivity contribution is 9.10. The molecule has 1 amide bonds. The Bertz CT molecular complexity index is 771. The third kappa shape index (κ3) is 3.37. The average Bonchev–Trinajstić information content (AvgIpc) is 2.54. The number of rotatable bonds is 3. The molecule has 118 valence electrons. The molecule has 0 radical (unpaired) electrons. The molecule has 0 fully saturated rings. The second-order valence-corrected chi connectivity index (χ2v) is 5.97. The number of hydrogen-bond acceptors (Lipinski definition) is 4. The van der Waals surface area contributed by atoms with Gasteiger partial charge in [-0.05, 0) is 30.3 Å². The smallest absolute Gasteiger partial charge is 0.221 e. The number of ether oxygens (including phenoxy) is 2. The Kier molecular flexibility index (Phi) is 4.34. The third-order valence-corrected chi connectivity index (χ3v) is 3.87. The van der Waals surface area contributed by atoms with Crippen molar-refractivity contribution in [2.24, 2.45) is 0 Å². The SMILES string of the molecule is CC(=O)Nc1cc2c(cc1C(=O)c1ccc(Br)cc1)OCCO2. The number of carbonyl (C=O) groups is 2. The van der Waals surface area contributed by atoms with E-state index < -0.39 is 0 Å². The zero-order chi connectivity index (χ0) is 16.4. The molecule has 0 atom stereocenters. The molecule has 1 aliphatic rings. The van der Waals surface area contributed by atoms with Gasteiger partial charge in [-0.2, -0.15) is 0 Å². The van der Waals surface area contributed by atoms with Gasteiger partial charge in [-0.3, -0.25) is 9.59 Å². The van der Waals surface area contributed by atoms with Crippen LogP contribution in [0.15, 0.2) is 40.9 Å². The van der Waals surface area contributed by atoms with Crippen LogP contribution in [-0.2, 0) is 4.79 Å². The Morgan fingerprint density at radius 1 is 1.04 bits per heavy atom. The molecule has 0 spiro atoms. The van der Waals surface area contributed by atoms with E-state index in [1.807, 2.05) is 0 Å². The molecule has 6 heteroatoms. The summed E-state index contributed by atoms with van der Waals surface area (Å²) in [5.74, 6) is 0.572. The Hall–Kier alpha value is -2.34. The molecule has 1 aliphatic heterocycles. The van der Waals surface area contributed by atoms with Crippen LogP contribution in [0.1, 0.15) is 22.8 Å². The van der Waals surface area contributed by atoms with Crippen LogP contribution in [0.25, 0.3) is 0 Å². The maximum Gasteiger partial charge on any atom is 0.221 e. The molecule has 2 aromatic rings. The van der Waals surface area contributed by atoms with Crippen LogP contribution in [0.4, 0.5) is 5.69 Å². The average molecular weight is 376 g/mol. The second-order valence-electron chi connectivity index (χ2n) is 5.06. The van der Waals surface area contributed by atoms with E-state index in [1.54, 1.807) is 36.4 Å². The fourth-order valence-electron chi connectivity index (χ4n) is 2.33. The summed E-state index contributed by atoms with van der Waals surface area (Å²) in [6.07, 6.45) is 0. The van der Waals surface area contributed by atoms with E-state index in [-0.39, 0.29) is 11.7 Å². The molecular weight excluding hydrogens is 362 g/mol. The van der Waals surface area contributed by atoms with Crippen molar-refractivity contribution in [3.63, 3.8) is 0 Å². The summed E-state index contributed by atoms with van der Waals surface area (Å²) in [6.45, 7) is 2.26. The molecule has 0 saturated heterocycles. The van der Waals surface area contributed by atoms with Crippen LogP contribution in [0.5, 0.6) is 11.5 Å². The van der Waals surface area contributed by atoms with E-state index in [1.165, 1.54) is 6.92 Å². The molecule has 3 rings (SSSR count). The molecule has 0 saturated carbocycles. The third-order valence-electron chi connectivity index (χ3n) is 3.34. The van der Waals surface area contributed by atoms with Gasteiger partial charge in [-0.1, -0.05) is 15.9 Å². The Balaban J connectivity index is 2.06. The predicted molar refractivity (Wildman–Crippen MR) is 89.3 cm³/mol. The molecular formula is C17H14BrNO4. The molecule has 5 nitrogen and oxygen atoms in total. The standard InChI is InChI=1S/C17H14BrNO4/c1-10(20)19-14-9-16-15(22-6-7-23-16)8-13(14)17(21)11-2-4-12(18)5-3-11/h2-5,8-9H,6-7H2,1H3,(H,19,20). The number of ketones is 1. The van der Waals surface area contributed by atoms with Crippen molar-refractivity contribution in [3.8, 4) is 11.5 Å². The fourth-order valence-corrected chi connectivity index (χ4v) is 2.59. The summed E-state index contributed by atoms with van der Waals surface area (Å²) >= 11 is 3.34. The van der Waals surface area contributed by atoms with E-state index in [0.29, 0.717) is 41.5 Å². The van der Waals surface area contributed by atoms with Gasteiger partial charge < -0.3 is 14.8 Å². The summed E-state index contributed by atoms with van der Waals surface area (Å²) in [4.78, 5) is 24.2. The minimum Gasteiger partial charge on any atom is -0.486 e. The topological polar surface area (TPSA) is 64.6 Å². The lowest BCUT2D eigenvalue weighted by atomic mass is 10.0. The maximum absolute atomic E-state index is 12.8. The Labute approximate surface area is 141 Å². The Morgan fingerprint density at radius 2 is 1.65 bits per heavy atom. The number of benzene rings is 2. The zero-order valence-corrected chi connectivity index (χ0v) is 14.0. The van der Waals surface area contributed by atoms with Gasteiger partial charge in [0.15, 0.2) is 17.3 Å². The summed E-state index contributed by atoms with van der Waals surface area (Å²) in [5.41, 5.74) is 1.30. The number of nitrogens with one attached hydrogen (secondary N) is 1. The molecule has 0 aliphatic carbocycles. The van der Waals surface area contributed by atoms with Crippen molar-refractivity contribution in [2.45, 2.75) is 6.92 Å². The van der Waals surface area contributed by atoms with Gasteiger partial charge in [-0.15, -0.1) is 0 Å². The molecule has 0 aromatic heterocycles. The predicted octanol–water partition coefficient (Wildman–Crippen LogP) is 3.41. The van der Waals surface area contributed by atoms with Gasteiger partial charge in [0.25, 0.3) is 0 Å². The van der Waals surface area contributed by atoms with Crippen molar-refractivity contribution in [1.29, 1.82) is 0 Å². The molecule has 0 unspecified atom stereocenters. The van der Waals surface area contributed by atoms with Crippen molar-refractivity contribution in [2.75, 3.05) is 18.5 Å². The van der Waals surface area contributed by atoms with Crippen molar-refractivity contribution in [3.05, 3.63) is 52.0 Å². The van der Waals surface area contributed by atoms with Gasteiger partial charge >= 0.3 is 0 Å². The van der Waals surface area contributed by atoms with Crippen LogP contribution in [-0.4, -0.2) is 24.9 Å². The van der Waals surface area contributed by atoms with Crippen LogP contribution in [0.2, 0.25) is 0 Å². The maximum atomic E-state index is 12.8. The minimum absolute atomic E-state index is 0.196. The van der Waals surface area contributed by atoms with Crippen LogP contribution in [0, 0.1) is 0 Å². The first-order valence-corrected chi connectivity index (χ1v) is 7.85. The van der Waals surface area contributed by atoms with E-state index in [2.05, 4.69) is 21.2 Å². The van der Waals surface area contributed by atoms with Crippen LogP contribution < -0.4 is 14.8 Å². The largest absolute Gasteiger partial charge is 0.486 e. The lowest BCUT2D eigenvalue weighted by Gasteiger charge is -2.21. The number of anilines is 1. The highest BCUT2D eigenvalue weighted by atomic mass is 79.9. The molecule has 0 bridgehead atoms. The van der Waals surface area contributed by atoms with Gasteiger partial charge in [0.1, 0.15) is 13.2 Å². The van der Waals surface area contributed by atoms with E-state index in [9.17, 15) is 9.59 Å². The first-order chi connectivity index (χ1) is 11.0. The number of carbonyl (C=O) groups excluding carboxylic acids is 2. The van der Waals surface area contributed by atoms with Crippen LogP contribution >= 0.6 is 15.9 Å². The van der Waals surface area contributed by atoms with Crippen molar-refractivity contribution in [1.82, 2.24) is 0 Å². The summed E-state index contributed by atoms with van der Waals surface area (Å²) < 4.78 is 11.9. The quantitative estimate of drug-likeness (QED) is 0.834. The van der Waals surface area contributed by atoms with Gasteiger partial charge in [-0.25, -0.2) is 0 Å². The first kappa shape index (κ1) is 15.6. The number of amides is 1. The summed E-state index contributed by atoms with van der Waals surface area (Å²) in [6, 6.07) is 10.3. The zero-order valence-electron chi connectivity index (χ0n) is 12.4. The summed E-state index contributed by atoms with van der Waals surface area (Å²) in [7, 11) is 0. The second kappa shape index (κ2) is 6.42. The minimum atomic E-state index is -0.258. The fraction of sp³-hybridized carbons (Fsp3) is 0.176. The highest BCUT2D eigenvalue weighted by Gasteiger charge is 2.21. The van der Waals surface area contributed by atoms with Gasteiger partial charge in [0.05, 0.1) is 11.3 Å². The van der Waals surface area contributed by atoms with Crippen LogP contribution in [0.3, 0.4) is 0 Å². The highest BCUT2D eigenvalue weighted by Crippen LogP contribution is 2.36. The van der Waals surface area contributed by atoms with Gasteiger partial charge in [0, 0.05) is 23.0 Å². The number of fused-ring (bicyclic) bond motifs is 1. The van der Waals surface area contributed by atoms with E-state index in [4.69, 9.17) is 9.47 Å². The summed E-state index contributed by atoms with van der Waals surface area (Å²) in [5, 5.41) is 2.68. The van der Waals surface area contributed by atoms with E-state index in [0.717, 1.165) is 4.47 Å². The lowest BCUT2D eigenvalue weighted by Crippen LogP contribution is -2.18. The lowest BCUT2D eigenvalue weighted by molar-refractivity contribution is -0.114. The van der Waals surface area contributed by atoms with Crippen molar-refractivity contribution < 1.29 is 19.1 Å². The number of halogens is 1. The van der Waals surface area contributed by atoms with Crippen molar-refractivity contribution >= 4 is 33.3 Å². The first-order valence-electron chi connectivity index (χ1n) is 7.06. The van der Waals surface area contributed by atoms with Gasteiger partial charge in [0.2, 0.25) is 5.91 Å². The van der Waals surface area contributed by atoms with E-state index >= 15 is 0 Å².